The Kier molecular flexibility index (Phi) is 8.29. The fraction of sp³-hybridized carbons (Fsp3) is 0.818. The Bertz CT molecular complexity index is 227. The molecule has 0 saturated heterocycles. The van der Waals surface area contributed by atoms with E-state index in [9.17, 15) is 4.79 Å². The summed E-state index contributed by atoms with van der Waals surface area (Å²) in [6, 6.07) is 0.344. The molecule has 0 aromatic heterocycles. The number of rotatable bonds is 6. The molecule has 94 valence electrons. The highest BCUT2D eigenvalue weighted by atomic mass is 16.5. The fourth-order valence-electron chi connectivity index (χ4n) is 1.14. The number of nitrogens with one attached hydrogen (secondary N) is 2. The maximum atomic E-state index is 11.0. The molecule has 5 nitrogen and oxygen atoms in total. The smallest absolute Gasteiger partial charge is 0.305 e. The van der Waals surface area contributed by atoms with E-state index >= 15 is 0 Å². The van der Waals surface area contributed by atoms with Crippen LogP contribution in [0.1, 0.15) is 33.6 Å². The third-order valence-electron chi connectivity index (χ3n) is 1.80. The number of ether oxygens (including phenoxy) is 1. The number of carbonyl (C=O) groups excluding carboxylic acids is 1. The first-order valence-corrected chi connectivity index (χ1v) is 5.73. The van der Waals surface area contributed by atoms with Gasteiger partial charge in [-0.3, -0.25) is 9.79 Å². The number of guanidine groups is 1. The van der Waals surface area contributed by atoms with Crippen LogP contribution in [0.5, 0.6) is 0 Å². The van der Waals surface area contributed by atoms with E-state index in [0.717, 1.165) is 12.4 Å². The minimum Gasteiger partial charge on any atom is -0.466 e. The van der Waals surface area contributed by atoms with Gasteiger partial charge in [0.05, 0.1) is 6.61 Å². The summed E-state index contributed by atoms with van der Waals surface area (Å²) in [5.74, 6) is 0.620. The molecule has 0 rings (SSSR count). The fourth-order valence-corrected chi connectivity index (χ4v) is 1.14. The van der Waals surface area contributed by atoms with Crippen LogP contribution in [-0.4, -0.2) is 38.2 Å². The van der Waals surface area contributed by atoms with E-state index in [4.69, 9.17) is 4.74 Å². The van der Waals surface area contributed by atoms with Gasteiger partial charge in [0, 0.05) is 26.1 Å². The van der Waals surface area contributed by atoms with Gasteiger partial charge in [0.1, 0.15) is 0 Å². The van der Waals surface area contributed by atoms with Crippen LogP contribution < -0.4 is 10.6 Å². The second-order valence-electron chi connectivity index (χ2n) is 3.71. The van der Waals surface area contributed by atoms with Crippen molar-refractivity contribution in [2.75, 3.05) is 20.2 Å². The van der Waals surface area contributed by atoms with Crippen LogP contribution in [0, 0.1) is 0 Å². The van der Waals surface area contributed by atoms with Gasteiger partial charge in [0.15, 0.2) is 5.96 Å². The van der Waals surface area contributed by atoms with Crippen molar-refractivity contribution >= 4 is 11.9 Å². The molecule has 0 aliphatic rings. The van der Waals surface area contributed by atoms with Crippen LogP contribution >= 0.6 is 0 Å². The zero-order valence-electron chi connectivity index (χ0n) is 10.7. The lowest BCUT2D eigenvalue weighted by molar-refractivity contribution is -0.143. The molecular weight excluding hydrogens is 206 g/mol. The Morgan fingerprint density at radius 3 is 2.62 bits per heavy atom. The molecule has 0 spiro atoms. The van der Waals surface area contributed by atoms with E-state index in [-0.39, 0.29) is 5.97 Å². The van der Waals surface area contributed by atoms with Crippen LogP contribution in [0.3, 0.4) is 0 Å². The van der Waals surface area contributed by atoms with Gasteiger partial charge < -0.3 is 15.4 Å². The van der Waals surface area contributed by atoms with Crippen LogP contribution in [-0.2, 0) is 9.53 Å². The molecule has 0 amide bonds. The Balaban J connectivity index is 3.60. The van der Waals surface area contributed by atoms with E-state index in [0.29, 0.717) is 25.6 Å². The Hall–Kier alpha value is -1.26. The summed E-state index contributed by atoms with van der Waals surface area (Å²) in [4.78, 5) is 15.1. The average Bonchev–Trinajstić information content (AvgIpc) is 2.22. The van der Waals surface area contributed by atoms with E-state index in [1.165, 1.54) is 0 Å². The van der Waals surface area contributed by atoms with Crippen molar-refractivity contribution in [2.24, 2.45) is 4.99 Å². The molecule has 0 unspecified atom stereocenters. The highest BCUT2D eigenvalue weighted by Gasteiger charge is 2.02. The summed E-state index contributed by atoms with van der Waals surface area (Å²) >= 11 is 0. The Morgan fingerprint density at radius 2 is 2.12 bits per heavy atom. The second-order valence-corrected chi connectivity index (χ2v) is 3.71. The molecule has 0 bridgehead atoms. The summed E-state index contributed by atoms with van der Waals surface area (Å²) in [5.41, 5.74) is 0. The predicted octanol–water partition coefficient (Wildman–Crippen LogP) is 0.903. The van der Waals surface area contributed by atoms with E-state index < -0.39 is 0 Å². The molecule has 0 aromatic rings. The number of esters is 1. The van der Waals surface area contributed by atoms with Crippen molar-refractivity contribution < 1.29 is 9.53 Å². The van der Waals surface area contributed by atoms with Gasteiger partial charge in [0.2, 0.25) is 0 Å². The lowest BCUT2D eigenvalue weighted by Gasteiger charge is -2.14. The van der Waals surface area contributed by atoms with Crippen molar-refractivity contribution in [3.63, 3.8) is 0 Å². The van der Waals surface area contributed by atoms with Crippen LogP contribution in [0.15, 0.2) is 4.99 Å². The number of carbonyl (C=O) groups is 1. The van der Waals surface area contributed by atoms with Crippen molar-refractivity contribution in [3.05, 3.63) is 0 Å². The number of aliphatic imine (C=N–C) groups is 1. The monoisotopic (exact) mass is 229 g/mol. The van der Waals surface area contributed by atoms with Gasteiger partial charge in [-0.25, -0.2) is 0 Å². The third-order valence-corrected chi connectivity index (χ3v) is 1.80. The number of hydrogen-bond donors (Lipinski definition) is 2. The van der Waals surface area contributed by atoms with Crippen molar-refractivity contribution in [1.82, 2.24) is 10.6 Å². The molecule has 0 aromatic carbocycles. The second kappa shape index (κ2) is 9.00. The minimum absolute atomic E-state index is 0.142. The molecule has 0 atom stereocenters. The SMILES string of the molecule is CCOC(=O)CCCNC(=NC)NC(C)C. The zero-order valence-corrected chi connectivity index (χ0v) is 10.7. The maximum Gasteiger partial charge on any atom is 0.305 e. The highest BCUT2D eigenvalue weighted by molar-refractivity contribution is 5.79. The molecule has 0 aliphatic carbocycles. The van der Waals surface area contributed by atoms with E-state index in [2.05, 4.69) is 15.6 Å². The molecule has 0 saturated carbocycles. The van der Waals surface area contributed by atoms with Crippen LogP contribution in [0.4, 0.5) is 0 Å². The van der Waals surface area contributed by atoms with Gasteiger partial charge >= 0.3 is 5.97 Å². The maximum absolute atomic E-state index is 11.0. The summed E-state index contributed by atoms with van der Waals surface area (Å²) in [6.07, 6.45) is 1.19. The Morgan fingerprint density at radius 1 is 1.44 bits per heavy atom. The zero-order chi connectivity index (χ0) is 12.4. The van der Waals surface area contributed by atoms with E-state index in [1.807, 2.05) is 20.8 Å². The van der Waals surface area contributed by atoms with E-state index in [1.54, 1.807) is 7.05 Å². The molecule has 0 fully saturated rings. The molecular formula is C11H23N3O2. The van der Waals surface area contributed by atoms with Gasteiger partial charge in [0.25, 0.3) is 0 Å². The summed E-state index contributed by atoms with van der Waals surface area (Å²) in [7, 11) is 1.73. The lowest BCUT2D eigenvalue weighted by atomic mass is 10.3. The number of hydrogen-bond acceptors (Lipinski definition) is 3. The topological polar surface area (TPSA) is 62.7 Å². The number of nitrogens with zero attached hydrogens (tertiary/aromatic N) is 1. The van der Waals surface area contributed by atoms with Crippen molar-refractivity contribution in [1.29, 1.82) is 0 Å². The van der Waals surface area contributed by atoms with Crippen LogP contribution in [0.25, 0.3) is 0 Å². The van der Waals surface area contributed by atoms with Gasteiger partial charge in [-0.2, -0.15) is 0 Å². The van der Waals surface area contributed by atoms with Gasteiger partial charge in [-0.1, -0.05) is 0 Å². The molecule has 16 heavy (non-hydrogen) atoms. The summed E-state index contributed by atoms with van der Waals surface area (Å²) < 4.78 is 4.83. The standard InChI is InChI=1S/C11H23N3O2/c1-5-16-10(15)7-6-8-13-11(12-4)14-9(2)3/h9H,5-8H2,1-4H3,(H2,12,13,14). The molecule has 2 N–H and O–H groups in total. The van der Waals surface area contributed by atoms with Gasteiger partial charge in [-0.15, -0.1) is 0 Å². The first-order chi connectivity index (χ1) is 7.60. The minimum atomic E-state index is -0.142. The normalized spacial score (nSPS) is 11.4. The highest BCUT2D eigenvalue weighted by Crippen LogP contribution is 1.91. The Labute approximate surface area is 97.7 Å². The van der Waals surface area contributed by atoms with Gasteiger partial charge in [-0.05, 0) is 27.2 Å². The molecule has 0 heterocycles. The molecule has 0 radical (unpaired) electrons. The molecule has 0 aliphatic heterocycles. The third kappa shape index (κ3) is 8.08. The quantitative estimate of drug-likeness (QED) is 0.307. The molecule has 5 heteroatoms. The lowest BCUT2D eigenvalue weighted by Crippen LogP contribution is -2.41. The van der Waals surface area contributed by atoms with Crippen molar-refractivity contribution in [3.8, 4) is 0 Å². The first-order valence-electron chi connectivity index (χ1n) is 5.73. The van der Waals surface area contributed by atoms with Crippen molar-refractivity contribution in [2.45, 2.75) is 39.7 Å². The summed E-state index contributed by atoms with van der Waals surface area (Å²) in [5, 5.41) is 6.29. The average molecular weight is 229 g/mol. The largest absolute Gasteiger partial charge is 0.466 e. The first kappa shape index (κ1) is 14.7. The van der Waals surface area contributed by atoms with Crippen LogP contribution in [0.2, 0.25) is 0 Å². The predicted molar refractivity (Wildman–Crippen MR) is 65.5 cm³/mol. The summed E-state index contributed by atoms with van der Waals surface area (Å²) in [6.45, 7) is 7.07.